The molecule has 0 bridgehead atoms. The predicted octanol–water partition coefficient (Wildman–Crippen LogP) is 2.82. The molecule has 1 amide bonds. The molecule has 7 heteroatoms. The summed E-state index contributed by atoms with van der Waals surface area (Å²) in [5.41, 5.74) is 3.17. The number of likely N-dealkylation sites (tertiary alicyclic amines) is 1. The van der Waals surface area contributed by atoms with Gasteiger partial charge in [0.2, 0.25) is 4.96 Å². The fraction of sp³-hybridized carbons (Fsp3) is 0.412. The lowest BCUT2D eigenvalue weighted by molar-refractivity contribution is 0.0712. The van der Waals surface area contributed by atoms with E-state index in [4.69, 9.17) is 0 Å². The molecule has 0 unspecified atom stereocenters. The van der Waals surface area contributed by atoms with Crippen LogP contribution in [-0.4, -0.2) is 43.7 Å². The van der Waals surface area contributed by atoms with Crippen molar-refractivity contribution in [2.75, 3.05) is 13.1 Å². The lowest BCUT2D eigenvalue weighted by Gasteiger charge is -2.31. The number of hydrogen-bond acceptors (Lipinski definition) is 5. The molecule has 1 aliphatic heterocycles. The van der Waals surface area contributed by atoms with Crippen molar-refractivity contribution >= 4 is 22.2 Å². The highest BCUT2D eigenvalue weighted by Gasteiger charge is 2.27. The molecular formula is C17H19N5OS. The summed E-state index contributed by atoms with van der Waals surface area (Å²) in [6.45, 7) is 5.66. The molecule has 124 valence electrons. The number of aryl methyl sites for hydroxylation is 2. The molecule has 4 rings (SSSR count). The molecule has 1 saturated heterocycles. The summed E-state index contributed by atoms with van der Waals surface area (Å²) < 4.78 is 1.73. The van der Waals surface area contributed by atoms with Crippen LogP contribution in [0.15, 0.2) is 24.5 Å². The first-order valence-electron chi connectivity index (χ1n) is 8.15. The SMILES string of the molecule is Cc1ccc(C(=O)N2CCC(c3nn4cnnc4s3)CC2)cc1C. The maximum absolute atomic E-state index is 12.7. The Kier molecular flexibility index (Phi) is 3.80. The number of nitrogens with zero attached hydrogens (tertiary/aromatic N) is 5. The van der Waals surface area contributed by atoms with Crippen LogP contribution in [0, 0.1) is 13.8 Å². The highest BCUT2D eigenvalue weighted by Crippen LogP contribution is 2.31. The van der Waals surface area contributed by atoms with Gasteiger partial charge in [-0.3, -0.25) is 4.79 Å². The van der Waals surface area contributed by atoms with Gasteiger partial charge in [0.1, 0.15) is 11.3 Å². The summed E-state index contributed by atoms with van der Waals surface area (Å²) >= 11 is 1.59. The smallest absolute Gasteiger partial charge is 0.253 e. The normalized spacial score (nSPS) is 16.0. The summed E-state index contributed by atoms with van der Waals surface area (Å²) in [5, 5.41) is 13.5. The number of benzene rings is 1. The molecule has 0 saturated carbocycles. The van der Waals surface area contributed by atoms with E-state index in [1.165, 1.54) is 5.56 Å². The molecule has 6 nitrogen and oxygen atoms in total. The first-order valence-corrected chi connectivity index (χ1v) is 8.97. The topological polar surface area (TPSA) is 63.4 Å². The van der Waals surface area contributed by atoms with Crippen molar-refractivity contribution in [2.24, 2.45) is 0 Å². The maximum atomic E-state index is 12.7. The number of aromatic nitrogens is 4. The third-order valence-electron chi connectivity index (χ3n) is 4.79. The molecule has 0 spiro atoms. The Morgan fingerprint density at radius 1 is 1.21 bits per heavy atom. The van der Waals surface area contributed by atoms with Gasteiger partial charge in [-0.05, 0) is 49.9 Å². The number of amides is 1. The molecule has 0 radical (unpaired) electrons. The molecule has 0 atom stereocenters. The number of carbonyl (C=O) groups is 1. The van der Waals surface area contributed by atoms with Crippen molar-refractivity contribution in [2.45, 2.75) is 32.6 Å². The molecule has 2 aromatic heterocycles. The van der Waals surface area contributed by atoms with Gasteiger partial charge in [-0.15, -0.1) is 10.2 Å². The molecule has 0 N–H and O–H groups in total. The Labute approximate surface area is 144 Å². The van der Waals surface area contributed by atoms with E-state index in [0.717, 1.165) is 47.0 Å². The van der Waals surface area contributed by atoms with Crippen molar-refractivity contribution < 1.29 is 4.79 Å². The molecule has 1 fully saturated rings. The molecule has 1 aliphatic rings. The number of hydrogen-bond donors (Lipinski definition) is 0. The van der Waals surface area contributed by atoms with Crippen molar-refractivity contribution in [3.05, 3.63) is 46.2 Å². The van der Waals surface area contributed by atoms with Crippen LogP contribution in [-0.2, 0) is 0 Å². The largest absolute Gasteiger partial charge is 0.339 e. The second-order valence-corrected chi connectivity index (χ2v) is 7.35. The second-order valence-electron chi connectivity index (χ2n) is 6.36. The van der Waals surface area contributed by atoms with Gasteiger partial charge in [0, 0.05) is 24.6 Å². The van der Waals surface area contributed by atoms with Gasteiger partial charge in [-0.2, -0.15) is 9.61 Å². The fourth-order valence-electron chi connectivity index (χ4n) is 3.13. The first-order chi connectivity index (χ1) is 11.6. The van der Waals surface area contributed by atoms with E-state index in [9.17, 15) is 4.79 Å². The van der Waals surface area contributed by atoms with Gasteiger partial charge in [-0.25, -0.2) is 0 Å². The van der Waals surface area contributed by atoms with Gasteiger partial charge in [-0.1, -0.05) is 17.4 Å². The zero-order chi connectivity index (χ0) is 16.7. The number of fused-ring (bicyclic) bond motifs is 1. The van der Waals surface area contributed by atoms with E-state index in [2.05, 4.69) is 22.2 Å². The van der Waals surface area contributed by atoms with Crippen molar-refractivity contribution in [1.82, 2.24) is 24.7 Å². The Hall–Kier alpha value is -2.28. The fourth-order valence-corrected chi connectivity index (χ4v) is 4.11. The average molecular weight is 341 g/mol. The Balaban J connectivity index is 1.44. The third-order valence-corrected chi connectivity index (χ3v) is 5.86. The van der Waals surface area contributed by atoms with Crippen molar-refractivity contribution in [3.8, 4) is 0 Å². The van der Waals surface area contributed by atoms with Crippen LogP contribution in [0.1, 0.15) is 45.3 Å². The van der Waals surface area contributed by atoms with E-state index < -0.39 is 0 Å². The zero-order valence-electron chi connectivity index (χ0n) is 13.8. The number of piperidine rings is 1. The van der Waals surface area contributed by atoms with Gasteiger partial charge in [0.05, 0.1) is 0 Å². The summed E-state index contributed by atoms with van der Waals surface area (Å²) in [6.07, 6.45) is 3.52. The second kappa shape index (κ2) is 5.98. The van der Waals surface area contributed by atoms with Gasteiger partial charge >= 0.3 is 0 Å². The van der Waals surface area contributed by atoms with Gasteiger partial charge in [0.25, 0.3) is 5.91 Å². The van der Waals surface area contributed by atoms with Crippen LogP contribution in [0.3, 0.4) is 0 Å². The van der Waals surface area contributed by atoms with E-state index in [-0.39, 0.29) is 5.91 Å². The van der Waals surface area contributed by atoms with Crippen LogP contribution in [0.5, 0.6) is 0 Å². The van der Waals surface area contributed by atoms with E-state index in [0.29, 0.717) is 5.92 Å². The molecule has 3 heterocycles. The van der Waals surface area contributed by atoms with Crippen LogP contribution < -0.4 is 0 Å². The zero-order valence-corrected chi connectivity index (χ0v) is 14.6. The quantitative estimate of drug-likeness (QED) is 0.719. The predicted molar refractivity (Wildman–Crippen MR) is 92.5 cm³/mol. The first kappa shape index (κ1) is 15.3. The minimum Gasteiger partial charge on any atom is -0.339 e. The number of rotatable bonds is 2. The minimum atomic E-state index is 0.134. The van der Waals surface area contributed by atoms with Crippen LogP contribution >= 0.6 is 11.3 Å². The highest BCUT2D eigenvalue weighted by atomic mass is 32.1. The molecular weight excluding hydrogens is 322 g/mol. The molecule has 0 aliphatic carbocycles. The maximum Gasteiger partial charge on any atom is 0.253 e. The van der Waals surface area contributed by atoms with Crippen LogP contribution in [0.4, 0.5) is 0 Å². The minimum absolute atomic E-state index is 0.134. The van der Waals surface area contributed by atoms with Crippen molar-refractivity contribution in [3.63, 3.8) is 0 Å². The Morgan fingerprint density at radius 3 is 2.71 bits per heavy atom. The monoisotopic (exact) mass is 341 g/mol. The third kappa shape index (κ3) is 2.69. The summed E-state index contributed by atoms with van der Waals surface area (Å²) in [4.78, 5) is 15.5. The van der Waals surface area contributed by atoms with E-state index in [1.807, 2.05) is 30.0 Å². The van der Waals surface area contributed by atoms with Gasteiger partial charge < -0.3 is 4.90 Å². The molecule has 24 heavy (non-hydrogen) atoms. The Morgan fingerprint density at radius 2 is 2.00 bits per heavy atom. The van der Waals surface area contributed by atoms with E-state index >= 15 is 0 Å². The van der Waals surface area contributed by atoms with Crippen LogP contribution in [0.2, 0.25) is 0 Å². The van der Waals surface area contributed by atoms with Gasteiger partial charge in [0.15, 0.2) is 0 Å². The lowest BCUT2D eigenvalue weighted by atomic mass is 9.96. The molecule has 1 aromatic carbocycles. The van der Waals surface area contributed by atoms with Crippen LogP contribution in [0.25, 0.3) is 4.96 Å². The number of carbonyl (C=O) groups excluding carboxylic acids is 1. The lowest BCUT2D eigenvalue weighted by Crippen LogP contribution is -2.38. The standard InChI is InChI=1S/C17H19N5OS/c1-11-3-4-14(9-12(11)2)16(23)21-7-5-13(6-8-21)15-20-22-10-18-19-17(22)24-15/h3-4,9-10,13H,5-8H2,1-2H3. The summed E-state index contributed by atoms with van der Waals surface area (Å²) in [6, 6.07) is 5.95. The summed E-state index contributed by atoms with van der Waals surface area (Å²) in [5.74, 6) is 0.537. The molecule has 3 aromatic rings. The Bertz CT molecular complexity index is 863. The van der Waals surface area contributed by atoms with E-state index in [1.54, 1.807) is 22.2 Å². The average Bonchev–Trinajstić information content (AvgIpc) is 3.19. The van der Waals surface area contributed by atoms with Crippen molar-refractivity contribution in [1.29, 1.82) is 0 Å². The highest BCUT2D eigenvalue weighted by molar-refractivity contribution is 7.16. The summed E-state index contributed by atoms with van der Waals surface area (Å²) in [7, 11) is 0.